The van der Waals surface area contributed by atoms with E-state index in [-0.39, 0.29) is 0 Å². The molecule has 1 heterocycles. The van der Waals surface area contributed by atoms with Crippen molar-refractivity contribution in [1.29, 1.82) is 0 Å². The van der Waals surface area contributed by atoms with Crippen molar-refractivity contribution < 1.29 is 9.47 Å². The van der Waals surface area contributed by atoms with Crippen molar-refractivity contribution in [2.45, 2.75) is 0 Å². The van der Waals surface area contributed by atoms with Crippen LogP contribution in [0.15, 0.2) is 48.8 Å². The van der Waals surface area contributed by atoms with E-state index in [1.807, 2.05) is 30.3 Å². The number of aromatic nitrogens is 2. The number of nitrogens with zero attached hydrogens (tertiary/aromatic N) is 2. The molecular formula is C17H16ClN3O2. The number of nitrogens with one attached hydrogen (secondary N) is 1. The van der Waals surface area contributed by atoms with Crippen molar-refractivity contribution in [2.24, 2.45) is 0 Å². The average Bonchev–Trinajstić information content (AvgIpc) is 2.59. The minimum Gasteiger partial charge on any atom is -0.497 e. The fourth-order valence-electron chi connectivity index (χ4n) is 2.20. The van der Waals surface area contributed by atoms with Gasteiger partial charge in [-0.25, -0.2) is 9.97 Å². The van der Waals surface area contributed by atoms with E-state index < -0.39 is 0 Å². The Kier molecular flexibility index (Phi) is 4.78. The third-order valence-corrected chi connectivity index (χ3v) is 3.63. The molecule has 23 heavy (non-hydrogen) atoms. The maximum absolute atomic E-state index is 6.14. The third kappa shape index (κ3) is 3.63. The Morgan fingerprint density at radius 3 is 2.83 bits per heavy atom. The highest BCUT2D eigenvalue weighted by atomic mass is 35.5. The van der Waals surface area contributed by atoms with Crippen molar-refractivity contribution in [3.8, 4) is 11.5 Å². The molecule has 3 rings (SSSR count). The number of hydrogen-bond donors (Lipinski definition) is 1. The van der Waals surface area contributed by atoms with Crippen LogP contribution in [0.3, 0.4) is 0 Å². The lowest BCUT2D eigenvalue weighted by atomic mass is 10.2. The molecule has 0 fully saturated rings. The third-order valence-electron chi connectivity index (χ3n) is 3.33. The molecule has 0 saturated heterocycles. The van der Waals surface area contributed by atoms with Gasteiger partial charge in [0.15, 0.2) is 0 Å². The summed E-state index contributed by atoms with van der Waals surface area (Å²) < 4.78 is 10.8. The number of hydrogen-bond acceptors (Lipinski definition) is 5. The van der Waals surface area contributed by atoms with E-state index in [1.165, 1.54) is 0 Å². The summed E-state index contributed by atoms with van der Waals surface area (Å²) in [6.45, 7) is 1.06. The lowest BCUT2D eigenvalue weighted by Crippen LogP contribution is -2.12. The number of fused-ring (bicyclic) bond motifs is 1. The zero-order valence-corrected chi connectivity index (χ0v) is 13.4. The molecule has 3 aromatic rings. The van der Waals surface area contributed by atoms with E-state index >= 15 is 0 Å². The Morgan fingerprint density at radius 1 is 1.13 bits per heavy atom. The summed E-state index contributed by atoms with van der Waals surface area (Å²) >= 11 is 6.14. The summed E-state index contributed by atoms with van der Waals surface area (Å²) in [5.41, 5.74) is 0.907. The van der Waals surface area contributed by atoms with Crippen LogP contribution in [0.1, 0.15) is 0 Å². The topological polar surface area (TPSA) is 56.3 Å². The van der Waals surface area contributed by atoms with Gasteiger partial charge in [-0.2, -0.15) is 0 Å². The summed E-state index contributed by atoms with van der Waals surface area (Å²) in [6.07, 6.45) is 1.55. The van der Waals surface area contributed by atoms with Crippen molar-refractivity contribution in [2.75, 3.05) is 25.6 Å². The number of ether oxygens (including phenoxy) is 2. The van der Waals surface area contributed by atoms with Gasteiger partial charge in [-0.15, -0.1) is 0 Å². The summed E-state index contributed by atoms with van der Waals surface area (Å²) in [5, 5.41) is 4.76. The molecule has 0 unspecified atom stereocenters. The number of benzene rings is 2. The predicted octanol–water partition coefficient (Wildman–Crippen LogP) is 3.78. The van der Waals surface area contributed by atoms with Gasteiger partial charge in [-0.3, -0.25) is 0 Å². The van der Waals surface area contributed by atoms with Crippen LogP contribution in [0.2, 0.25) is 5.02 Å². The molecule has 2 aromatic carbocycles. The van der Waals surface area contributed by atoms with Gasteiger partial charge in [0.1, 0.15) is 30.3 Å². The van der Waals surface area contributed by atoms with E-state index in [0.717, 1.165) is 16.7 Å². The molecule has 0 aliphatic rings. The SMILES string of the molecule is COc1ccc(OCCNc2ncnc3ccccc23)c(Cl)c1. The van der Waals surface area contributed by atoms with E-state index in [9.17, 15) is 0 Å². The van der Waals surface area contributed by atoms with Crippen LogP contribution >= 0.6 is 11.6 Å². The Morgan fingerprint density at radius 2 is 2.00 bits per heavy atom. The van der Waals surface area contributed by atoms with Crippen molar-refractivity contribution >= 4 is 28.3 Å². The fourth-order valence-corrected chi connectivity index (χ4v) is 2.43. The Hall–Kier alpha value is -2.53. The molecule has 0 atom stereocenters. The number of anilines is 1. The molecule has 118 valence electrons. The van der Waals surface area contributed by atoms with Gasteiger partial charge in [-0.05, 0) is 24.3 Å². The minimum atomic E-state index is 0.463. The molecule has 0 amide bonds. The first kappa shape index (κ1) is 15.4. The Bertz CT molecular complexity index is 805. The van der Waals surface area contributed by atoms with Crippen LogP contribution < -0.4 is 14.8 Å². The smallest absolute Gasteiger partial charge is 0.138 e. The second-order valence-electron chi connectivity index (χ2n) is 4.81. The maximum atomic E-state index is 6.14. The van der Waals surface area contributed by atoms with Crippen molar-refractivity contribution in [3.63, 3.8) is 0 Å². The van der Waals surface area contributed by atoms with Crippen LogP contribution in [0.5, 0.6) is 11.5 Å². The quantitative estimate of drug-likeness (QED) is 0.697. The monoisotopic (exact) mass is 329 g/mol. The highest BCUT2D eigenvalue weighted by molar-refractivity contribution is 6.32. The van der Waals surface area contributed by atoms with Crippen molar-refractivity contribution in [3.05, 3.63) is 53.8 Å². The Balaban J connectivity index is 1.59. The van der Waals surface area contributed by atoms with Gasteiger partial charge in [0, 0.05) is 11.5 Å². The number of para-hydroxylation sites is 1. The predicted molar refractivity (Wildman–Crippen MR) is 91.5 cm³/mol. The normalized spacial score (nSPS) is 10.5. The molecule has 1 aromatic heterocycles. The van der Waals surface area contributed by atoms with Crippen LogP contribution in [0.25, 0.3) is 10.9 Å². The van der Waals surface area contributed by atoms with E-state index in [0.29, 0.717) is 29.7 Å². The second-order valence-corrected chi connectivity index (χ2v) is 5.22. The van der Waals surface area contributed by atoms with Gasteiger partial charge in [0.05, 0.1) is 24.2 Å². The van der Waals surface area contributed by atoms with Crippen LogP contribution in [0.4, 0.5) is 5.82 Å². The molecule has 5 nitrogen and oxygen atoms in total. The van der Waals surface area contributed by atoms with Crippen LogP contribution in [-0.2, 0) is 0 Å². The summed E-state index contributed by atoms with van der Waals surface area (Å²) in [7, 11) is 1.60. The highest BCUT2D eigenvalue weighted by Gasteiger charge is 2.05. The first-order valence-electron chi connectivity index (χ1n) is 7.18. The minimum absolute atomic E-state index is 0.463. The summed E-state index contributed by atoms with van der Waals surface area (Å²) in [4.78, 5) is 8.51. The molecule has 0 bridgehead atoms. The van der Waals surface area contributed by atoms with Gasteiger partial charge < -0.3 is 14.8 Å². The Labute approximate surface area is 139 Å². The molecule has 1 N–H and O–H groups in total. The van der Waals surface area contributed by atoms with Gasteiger partial charge in [0.2, 0.25) is 0 Å². The first-order valence-corrected chi connectivity index (χ1v) is 7.55. The number of rotatable bonds is 6. The number of methoxy groups -OCH3 is 1. The van der Waals surface area contributed by atoms with Gasteiger partial charge >= 0.3 is 0 Å². The van der Waals surface area contributed by atoms with Gasteiger partial charge in [-0.1, -0.05) is 23.7 Å². The maximum Gasteiger partial charge on any atom is 0.138 e. The highest BCUT2D eigenvalue weighted by Crippen LogP contribution is 2.28. The largest absolute Gasteiger partial charge is 0.497 e. The lowest BCUT2D eigenvalue weighted by molar-refractivity contribution is 0.332. The zero-order valence-electron chi connectivity index (χ0n) is 12.6. The molecule has 0 saturated carbocycles. The van der Waals surface area contributed by atoms with E-state index in [2.05, 4.69) is 15.3 Å². The van der Waals surface area contributed by atoms with Gasteiger partial charge in [0.25, 0.3) is 0 Å². The van der Waals surface area contributed by atoms with E-state index in [1.54, 1.807) is 25.6 Å². The molecule has 0 aliphatic heterocycles. The fraction of sp³-hybridized carbons (Fsp3) is 0.176. The second kappa shape index (κ2) is 7.15. The van der Waals surface area contributed by atoms with E-state index in [4.69, 9.17) is 21.1 Å². The molecular weight excluding hydrogens is 314 g/mol. The molecule has 0 radical (unpaired) electrons. The number of halogens is 1. The zero-order chi connectivity index (χ0) is 16.1. The van der Waals surface area contributed by atoms with Crippen LogP contribution in [0, 0.1) is 0 Å². The molecule has 0 aliphatic carbocycles. The summed E-state index contributed by atoms with van der Waals surface area (Å²) in [6, 6.07) is 13.2. The molecule has 6 heteroatoms. The van der Waals surface area contributed by atoms with Crippen LogP contribution in [-0.4, -0.2) is 30.2 Å². The molecule has 0 spiro atoms. The lowest BCUT2D eigenvalue weighted by Gasteiger charge is -2.11. The van der Waals surface area contributed by atoms with Crippen molar-refractivity contribution in [1.82, 2.24) is 9.97 Å². The standard InChI is InChI=1S/C17H16ClN3O2/c1-22-12-6-7-16(14(18)10-12)23-9-8-19-17-13-4-2-3-5-15(13)20-11-21-17/h2-7,10-11H,8-9H2,1H3,(H,19,20,21). The average molecular weight is 330 g/mol. The first-order chi connectivity index (χ1) is 11.3. The summed E-state index contributed by atoms with van der Waals surface area (Å²) in [5.74, 6) is 2.12.